The summed E-state index contributed by atoms with van der Waals surface area (Å²) in [5.74, 6) is 1.79. The number of aromatic nitrogens is 3. The van der Waals surface area contributed by atoms with Gasteiger partial charge < -0.3 is 15.0 Å². The van der Waals surface area contributed by atoms with E-state index in [9.17, 15) is 4.79 Å². The molecule has 110 valence electrons. The molecule has 2 aromatic rings. The van der Waals surface area contributed by atoms with Crippen molar-refractivity contribution < 1.29 is 5.11 Å². The lowest BCUT2D eigenvalue weighted by molar-refractivity contribution is 0.200. The van der Waals surface area contributed by atoms with E-state index in [4.69, 9.17) is 5.11 Å². The van der Waals surface area contributed by atoms with Gasteiger partial charge in [-0.15, -0.1) is 0 Å². The largest absolute Gasteiger partial charge is 0.396 e. The number of anilines is 1. The fourth-order valence-corrected chi connectivity index (χ4v) is 2.41. The van der Waals surface area contributed by atoms with E-state index in [1.807, 2.05) is 19.1 Å². The van der Waals surface area contributed by atoms with Crippen LogP contribution in [0.1, 0.15) is 12.6 Å². The van der Waals surface area contributed by atoms with Gasteiger partial charge in [0, 0.05) is 49.1 Å². The summed E-state index contributed by atoms with van der Waals surface area (Å²) in [6, 6.07) is 5.34. The summed E-state index contributed by atoms with van der Waals surface area (Å²) in [4.78, 5) is 25.3. The van der Waals surface area contributed by atoms with E-state index in [0.717, 1.165) is 36.6 Å². The molecule has 3 heterocycles. The van der Waals surface area contributed by atoms with Gasteiger partial charge >= 0.3 is 0 Å². The summed E-state index contributed by atoms with van der Waals surface area (Å²) in [7, 11) is 0. The lowest BCUT2D eigenvalue weighted by Crippen LogP contribution is -2.48. The first-order valence-electron chi connectivity index (χ1n) is 7.12. The molecule has 3 rings (SSSR count). The minimum absolute atomic E-state index is 0.144. The first-order valence-corrected chi connectivity index (χ1v) is 7.12. The number of rotatable bonds is 4. The van der Waals surface area contributed by atoms with Gasteiger partial charge in [0.05, 0.1) is 0 Å². The molecule has 0 saturated carbocycles. The number of nitrogens with one attached hydrogen (secondary N) is 1. The minimum Gasteiger partial charge on any atom is -0.396 e. The molecule has 1 fully saturated rings. The van der Waals surface area contributed by atoms with Gasteiger partial charge in [0.1, 0.15) is 11.6 Å². The van der Waals surface area contributed by atoms with Crippen LogP contribution in [0.3, 0.4) is 0 Å². The third-order valence-corrected chi connectivity index (χ3v) is 3.72. The van der Waals surface area contributed by atoms with Crippen molar-refractivity contribution in [3.63, 3.8) is 0 Å². The first kappa shape index (κ1) is 13.8. The number of hydrogen-bond donors (Lipinski definition) is 2. The Kier molecular flexibility index (Phi) is 3.70. The van der Waals surface area contributed by atoms with Gasteiger partial charge in [0.25, 0.3) is 5.56 Å². The lowest BCUT2D eigenvalue weighted by Gasteiger charge is -2.39. The van der Waals surface area contributed by atoms with Crippen molar-refractivity contribution in [3.8, 4) is 11.4 Å². The van der Waals surface area contributed by atoms with Crippen LogP contribution in [0.5, 0.6) is 0 Å². The maximum absolute atomic E-state index is 11.6. The van der Waals surface area contributed by atoms with Crippen LogP contribution >= 0.6 is 0 Å². The van der Waals surface area contributed by atoms with Gasteiger partial charge in [-0.25, -0.2) is 9.97 Å². The van der Waals surface area contributed by atoms with E-state index in [1.54, 1.807) is 6.20 Å². The van der Waals surface area contributed by atoms with Crippen molar-refractivity contribution in [3.05, 3.63) is 40.4 Å². The van der Waals surface area contributed by atoms with Gasteiger partial charge in [0.15, 0.2) is 0 Å². The number of pyridine rings is 1. The second-order valence-corrected chi connectivity index (χ2v) is 5.30. The zero-order valence-corrected chi connectivity index (χ0v) is 11.9. The second kappa shape index (κ2) is 5.65. The quantitative estimate of drug-likeness (QED) is 0.869. The summed E-state index contributed by atoms with van der Waals surface area (Å²) in [5, 5.41) is 9.03. The number of nitrogens with zero attached hydrogens (tertiary/aromatic N) is 3. The Morgan fingerprint density at radius 3 is 2.86 bits per heavy atom. The van der Waals surface area contributed by atoms with Gasteiger partial charge in [-0.2, -0.15) is 0 Å². The molecule has 0 aromatic carbocycles. The van der Waals surface area contributed by atoms with Crippen molar-refractivity contribution in [2.24, 2.45) is 5.92 Å². The van der Waals surface area contributed by atoms with Crippen molar-refractivity contribution in [1.29, 1.82) is 0 Å². The summed E-state index contributed by atoms with van der Waals surface area (Å²) < 4.78 is 0. The number of hydrogen-bond acceptors (Lipinski definition) is 5. The Morgan fingerprint density at radius 1 is 1.43 bits per heavy atom. The number of aryl methyl sites for hydroxylation is 1. The first-order chi connectivity index (χ1) is 10.2. The van der Waals surface area contributed by atoms with Crippen LogP contribution < -0.4 is 10.5 Å². The second-order valence-electron chi connectivity index (χ2n) is 5.30. The molecule has 1 aliphatic rings. The fraction of sp³-hybridized carbons (Fsp3) is 0.400. The Hall–Kier alpha value is -2.21. The van der Waals surface area contributed by atoms with Gasteiger partial charge in [0.2, 0.25) is 0 Å². The van der Waals surface area contributed by atoms with Crippen LogP contribution in [-0.2, 0) is 6.42 Å². The third-order valence-electron chi connectivity index (χ3n) is 3.72. The summed E-state index contributed by atoms with van der Waals surface area (Å²) in [6.45, 7) is 3.87. The highest BCUT2D eigenvalue weighted by Crippen LogP contribution is 2.23. The van der Waals surface area contributed by atoms with Crippen molar-refractivity contribution in [2.45, 2.75) is 13.3 Å². The van der Waals surface area contributed by atoms with Gasteiger partial charge in [-0.05, 0) is 18.6 Å². The summed E-state index contributed by atoms with van der Waals surface area (Å²) in [6.07, 6.45) is 2.44. The van der Waals surface area contributed by atoms with Crippen LogP contribution in [0.25, 0.3) is 11.4 Å². The molecule has 6 nitrogen and oxygen atoms in total. The van der Waals surface area contributed by atoms with E-state index < -0.39 is 0 Å². The van der Waals surface area contributed by atoms with Crippen molar-refractivity contribution >= 4 is 5.82 Å². The molecule has 0 atom stereocenters. The van der Waals surface area contributed by atoms with E-state index in [2.05, 4.69) is 19.9 Å². The molecule has 0 radical (unpaired) electrons. The average Bonchev–Trinajstić information content (AvgIpc) is 2.46. The molecule has 0 amide bonds. The highest BCUT2D eigenvalue weighted by Gasteiger charge is 2.26. The maximum atomic E-state index is 11.6. The van der Waals surface area contributed by atoms with Crippen molar-refractivity contribution in [1.82, 2.24) is 15.0 Å². The predicted molar refractivity (Wildman–Crippen MR) is 80.3 cm³/mol. The molecular weight excluding hydrogens is 268 g/mol. The molecule has 2 aromatic heterocycles. The van der Waals surface area contributed by atoms with Crippen LogP contribution in [0.15, 0.2) is 29.2 Å². The van der Waals surface area contributed by atoms with E-state index in [-0.39, 0.29) is 12.2 Å². The Bertz CT molecular complexity index is 675. The zero-order valence-electron chi connectivity index (χ0n) is 11.9. The summed E-state index contributed by atoms with van der Waals surface area (Å²) >= 11 is 0. The molecule has 21 heavy (non-hydrogen) atoms. The smallest absolute Gasteiger partial charge is 0.251 e. The molecular formula is C15H18N4O2. The van der Waals surface area contributed by atoms with Gasteiger partial charge in [-0.1, -0.05) is 6.92 Å². The highest BCUT2D eigenvalue weighted by molar-refractivity contribution is 5.56. The minimum atomic E-state index is -0.144. The molecule has 1 aliphatic heterocycles. The van der Waals surface area contributed by atoms with Crippen LogP contribution in [0.4, 0.5) is 5.82 Å². The molecule has 1 saturated heterocycles. The average molecular weight is 286 g/mol. The standard InChI is InChI=1S/C15H18N4O2/c1-2-12-5-14(21)18-15(17-12)11-3-4-13(16-6-11)19-7-10(8-19)9-20/h3-6,10,20H,2,7-9H2,1H3,(H,17,18,21). The SMILES string of the molecule is CCc1cc(=O)[nH]c(-c2ccc(N3CC(CO)C3)nc2)n1. The molecule has 0 unspecified atom stereocenters. The number of H-pyrrole nitrogens is 1. The summed E-state index contributed by atoms with van der Waals surface area (Å²) in [5.41, 5.74) is 1.42. The molecule has 0 spiro atoms. The molecule has 0 bridgehead atoms. The third kappa shape index (κ3) is 2.80. The predicted octanol–water partition coefficient (Wildman–Crippen LogP) is 0.823. The number of aliphatic hydroxyl groups is 1. The lowest BCUT2D eigenvalue weighted by atomic mass is 10.0. The number of aliphatic hydroxyl groups excluding tert-OH is 1. The van der Waals surface area contributed by atoms with Crippen molar-refractivity contribution in [2.75, 3.05) is 24.6 Å². The molecule has 6 heteroatoms. The topological polar surface area (TPSA) is 82.1 Å². The number of aromatic amines is 1. The fourth-order valence-electron chi connectivity index (χ4n) is 2.41. The maximum Gasteiger partial charge on any atom is 0.251 e. The highest BCUT2D eigenvalue weighted by atomic mass is 16.3. The van der Waals surface area contributed by atoms with E-state index in [0.29, 0.717) is 11.7 Å². The van der Waals surface area contributed by atoms with Gasteiger partial charge in [-0.3, -0.25) is 4.79 Å². The zero-order chi connectivity index (χ0) is 14.8. The molecule has 2 N–H and O–H groups in total. The Balaban J connectivity index is 1.81. The van der Waals surface area contributed by atoms with Crippen LogP contribution in [-0.4, -0.2) is 39.8 Å². The van der Waals surface area contributed by atoms with Crippen LogP contribution in [0.2, 0.25) is 0 Å². The molecule has 0 aliphatic carbocycles. The van der Waals surface area contributed by atoms with E-state index >= 15 is 0 Å². The Morgan fingerprint density at radius 2 is 2.24 bits per heavy atom. The Labute approximate surface area is 122 Å². The monoisotopic (exact) mass is 286 g/mol. The van der Waals surface area contributed by atoms with Crippen LogP contribution in [0, 0.1) is 5.92 Å². The normalized spacial score (nSPS) is 15.0. The van der Waals surface area contributed by atoms with E-state index in [1.165, 1.54) is 6.07 Å².